The van der Waals surface area contributed by atoms with Crippen molar-refractivity contribution in [2.75, 3.05) is 4.90 Å². The molecule has 1 aliphatic rings. The van der Waals surface area contributed by atoms with E-state index >= 15 is 0 Å². The van der Waals surface area contributed by atoms with E-state index in [1.54, 1.807) is 6.92 Å². The molecule has 1 aromatic rings. The quantitative estimate of drug-likeness (QED) is 0.735. The SMILES string of the molecule is CC1=C(O)CC(=O)N1c1ccccc1. The van der Waals surface area contributed by atoms with Gasteiger partial charge in [0, 0.05) is 5.69 Å². The van der Waals surface area contributed by atoms with Crippen LogP contribution < -0.4 is 4.90 Å². The largest absolute Gasteiger partial charge is 0.510 e. The number of allylic oxidation sites excluding steroid dienone is 1. The molecule has 3 nitrogen and oxygen atoms in total. The zero-order valence-electron chi connectivity index (χ0n) is 7.90. The third-order valence-corrected chi connectivity index (χ3v) is 2.34. The van der Waals surface area contributed by atoms with Gasteiger partial charge in [-0.05, 0) is 19.1 Å². The van der Waals surface area contributed by atoms with Crippen molar-refractivity contribution in [3.05, 3.63) is 41.8 Å². The highest BCUT2D eigenvalue weighted by molar-refractivity contribution is 6.00. The van der Waals surface area contributed by atoms with Crippen LogP contribution in [0.15, 0.2) is 41.8 Å². The molecule has 14 heavy (non-hydrogen) atoms. The number of amides is 1. The van der Waals surface area contributed by atoms with Crippen LogP contribution in [-0.2, 0) is 4.79 Å². The van der Waals surface area contributed by atoms with Crippen molar-refractivity contribution in [2.45, 2.75) is 13.3 Å². The van der Waals surface area contributed by atoms with Gasteiger partial charge in [0.1, 0.15) is 5.76 Å². The number of para-hydroxylation sites is 1. The lowest BCUT2D eigenvalue weighted by Gasteiger charge is -2.17. The molecule has 1 aromatic carbocycles. The molecular formula is C11H11NO2. The number of nitrogens with zero attached hydrogens (tertiary/aromatic N) is 1. The highest BCUT2D eigenvalue weighted by Gasteiger charge is 2.27. The minimum Gasteiger partial charge on any atom is -0.510 e. The van der Waals surface area contributed by atoms with E-state index in [2.05, 4.69) is 0 Å². The summed E-state index contributed by atoms with van der Waals surface area (Å²) in [6.07, 6.45) is 0.112. The average Bonchev–Trinajstić information content (AvgIpc) is 2.43. The Morgan fingerprint density at radius 3 is 2.43 bits per heavy atom. The number of hydrogen-bond acceptors (Lipinski definition) is 2. The highest BCUT2D eigenvalue weighted by atomic mass is 16.3. The Morgan fingerprint density at radius 1 is 1.29 bits per heavy atom. The molecule has 1 N–H and O–H groups in total. The first-order chi connectivity index (χ1) is 6.70. The van der Waals surface area contributed by atoms with Crippen molar-refractivity contribution >= 4 is 11.6 Å². The predicted molar refractivity (Wildman–Crippen MR) is 53.9 cm³/mol. The first kappa shape index (κ1) is 8.81. The number of aliphatic hydroxyl groups excluding tert-OH is 1. The third kappa shape index (κ3) is 1.27. The first-order valence-corrected chi connectivity index (χ1v) is 4.47. The molecule has 0 unspecified atom stereocenters. The molecule has 0 aromatic heterocycles. The molecule has 0 bridgehead atoms. The topological polar surface area (TPSA) is 40.5 Å². The molecule has 0 fully saturated rings. The summed E-state index contributed by atoms with van der Waals surface area (Å²) in [5.74, 6) is 0.0880. The second-order valence-corrected chi connectivity index (χ2v) is 3.27. The summed E-state index contributed by atoms with van der Waals surface area (Å²) in [7, 11) is 0. The second-order valence-electron chi connectivity index (χ2n) is 3.27. The Balaban J connectivity index is 2.41. The monoisotopic (exact) mass is 189 g/mol. The highest BCUT2D eigenvalue weighted by Crippen LogP contribution is 2.27. The van der Waals surface area contributed by atoms with Gasteiger partial charge in [0.2, 0.25) is 5.91 Å². The van der Waals surface area contributed by atoms with Crippen LogP contribution in [0.2, 0.25) is 0 Å². The first-order valence-electron chi connectivity index (χ1n) is 4.47. The average molecular weight is 189 g/mol. The fourth-order valence-electron chi connectivity index (χ4n) is 1.58. The summed E-state index contributed by atoms with van der Waals surface area (Å²) in [5, 5.41) is 9.42. The zero-order valence-corrected chi connectivity index (χ0v) is 7.90. The van der Waals surface area contributed by atoms with E-state index < -0.39 is 0 Å². The van der Waals surface area contributed by atoms with E-state index in [-0.39, 0.29) is 18.1 Å². The van der Waals surface area contributed by atoms with Gasteiger partial charge in [-0.3, -0.25) is 9.69 Å². The lowest BCUT2D eigenvalue weighted by molar-refractivity contribution is -0.117. The van der Waals surface area contributed by atoms with Crippen molar-refractivity contribution in [1.29, 1.82) is 0 Å². The fraction of sp³-hybridized carbons (Fsp3) is 0.182. The number of aliphatic hydroxyl groups is 1. The summed E-state index contributed by atoms with van der Waals surface area (Å²) < 4.78 is 0. The lowest BCUT2D eigenvalue weighted by atomic mass is 10.3. The number of hydrogen-bond donors (Lipinski definition) is 1. The molecule has 0 saturated heterocycles. The van der Waals surface area contributed by atoms with E-state index in [1.165, 1.54) is 4.90 Å². The maximum absolute atomic E-state index is 11.5. The van der Waals surface area contributed by atoms with Gasteiger partial charge < -0.3 is 5.11 Å². The molecule has 0 aliphatic carbocycles. The maximum atomic E-state index is 11.5. The Labute approximate surface area is 82.3 Å². The van der Waals surface area contributed by atoms with Gasteiger partial charge in [-0.15, -0.1) is 0 Å². The van der Waals surface area contributed by atoms with Gasteiger partial charge in [-0.2, -0.15) is 0 Å². The van der Waals surface area contributed by atoms with Crippen LogP contribution in [0.1, 0.15) is 13.3 Å². The lowest BCUT2D eigenvalue weighted by Crippen LogP contribution is -2.23. The molecule has 2 rings (SSSR count). The smallest absolute Gasteiger partial charge is 0.239 e. The molecule has 0 saturated carbocycles. The summed E-state index contributed by atoms with van der Waals surface area (Å²) >= 11 is 0. The summed E-state index contributed by atoms with van der Waals surface area (Å²) in [5.41, 5.74) is 1.43. The molecule has 72 valence electrons. The van der Waals surface area contributed by atoms with E-state index in [0.717, 1.165) is 5.69 Å². The van der Waals surface area contributed by atoms with Crippen LogP contribution in [0.3, 0.4) is 0 Å². The number of anilines is 1. The van der Waals surface area contributed by atoms with Gasteiger partial charge in [0.05, 0.1) is 12.1 Å². The number of benzene rings is 1. The van der Waals surface area contributed by atoms with Gasteiger partial charge in [0.15, 0.2) is 0 Å². The molecule has 1 heterocycles. The molecule has 0 radical (unpaired) electrons. The van der Waals surface area contributed by atoms with Crippen LogP contribution in [0, 0.1) is 0 Å². The van der Waals surface area contributed by atoms with Gasteiger partial charge in [-0.1, -0.05) is 18.2 Å². The van der Waals surface area contributed by atoms with E-state index in [0.29, 0.717) is 5.70 Å². The molecule has 1 amide bonds. The predicted octanol–water partition coefficient (Wildman–Crippen LogP) is 2.21. The Hall–Kier alpha value is -1.77. The van der Waals surface area contributed by atoms with Crippen LogP contribution in [0.5, 0.6) is 0 Å². The number of carbonyl (C=O) groups is 1. The summed E-state index contributed by atoms with van der Waals surface area (Å²) in [6, 6.07) is 9.32. The minimum absolute atomic E-state index is 0.0776. The van der Waals surface area contributed by atoms with Gasteiger partial charge in [0.25, 0.3) is 0 Å². The third-order valence-electron chi connectivity index (χ3n) is 2.34. The van der Waals surface area contributed by atoms with Crippen LogP contribution in [0.4, 0.5) is 5.69 Å². The van der Waals surface area contributed by atoms with Crippen LogP contribution in [-0.4, -0.2) is 11.0 Å². The van der Waals surface area contributed by atoms with Gasteiger partial charge >= 0.3 is 0 Å². The molecule has 1 aliphatic heterocycles. The van der Waals surface area contributed by atoms with Crippen molar-refractivity contribution in [3.63, 3.8) is 0 Å². The van der Waals surface area contributed by atoms with Crippen molar-refractivity contribution < 1.29 is 9.90 Å². The fourth-order valence-corrected chi connectivity index (χ4v) is 1.58. The van der Waals surface area contributed by atoms with Crippen molar-refractivity contribution in [2.24, 2.45) is 0 Å². The summed E-state index contributed by atoms with van der Waals surface area (Å²) in [4.78, 5) is 13.1. The molecule has 0 spiro atoms. The van der Waals surface area contributed by atoms with E-state index in [4.69, 9.17) is 0 Å². The van der Waals surface area contributed by atoms with Crippen LogP contribution in [0.25, 0.3) is 0 Å². The maximum Gasteiger partial charge on any atom is 0.239 e. The molecular weight excluding hydrogens is 178 g/mol. The number of carbonyl (C=O) groups excluding carboxylic acids is 1. The molecule has 0 atom stereocenters. The van der Waals surface area contributed by atoms with Crippen molar-refractivity contribution in [3.8, 4) is 0 Å². The Morgan fingerprint density at radius 2 is 1.93 bits per heavy atom. The van der Waals surface area contributed by atoms with Crippen molar-refractivity contribution in [1.82, 2.24) is 0 Å². The summed E-state index contributed by atoms with van der Waals surface area (Å²) in [6.45, 7) is 1.74. The van der Waals surface area contributed by atoms with Gasteiger partial charge in [-0.25, -0.2) is 0 Å². The number of rotatable bonds is 1. The van der Waals surface area contributed by atoms with Crippen LogP contribution >= 0.6 is 0 Å². The Kier molecular flexibility index (Phi) is 2.00. The van der Waals surface area contributed by atoms with E-state index in [9.17, 15) is 9.90 Å². The Bertz CT molecular complexity index is 395. The normalized spacial score (nSPS) is 16.6. The second kappa shape index (κ2) is 3.18. The zero-order chi connectivity index (χ0) is 10.1. The molecule has 3 heteroatoms. The van der Waals surface area contributed by atoms with E-state index in [1.807, 2.05) is 30.3 Å². The minimum atomic E-state index is -0.0776. The standard InChI is InChI=1S/C11H11NO2/c1-8-10(13)7-11(14)12(8)9-5-3-2-4-6-9/h2-6,13H,7H2,1H3.